The molecule has 2 unspecified atom stereocenters. The van der Waals surface area contributed by atoms with Gasteiger partial charge < -0.3 is 20.3 Å². The Bertz CT molecular complexity index is 1430. The van der Waals surface area contributed by atoms with Crippen LogP contribution in [0.5, 0.6) is 6.01 Å². The summed E-state index contributed by atoms with van der Waals surface area (Å²) in [6, 6.07) is 10.1. The molecule has 1 amide bonds. The number of aromatic nitrogens is 2. The van der Waals surface area contributed by atoms with E-state index >= 15 is 4.39 Å². The molecule has 3 aliphatic rings. The molecule has 1 aliphatic heterocycles. The second-order valence-electron chi connectivity index (χ2n) is 10.5. The van der Waals surface area contributed by atoms with Crippen molar-refractivity contribution in [3.63, 3.8) is 0 Å². The van der Waals surface area contributed by atoms with Gasteiger partial charge in [-0.3, -0.25) is 4.79 Å². The van der Waals surface area contributed by atoms with Crippen LogP contribution in [0, 0.1) is 11.7 Å². The van der Waals surface area contributed by atoms with Crippen molar-refractivity contribution in [3.05, 3.63) is 59.7 Å². The second kappa shape index (κ2) is 9.94. The van der Waals surface area contributed by atoms with Crippen molar-refractivity contribution < 1.29 is 18.3 Å². The fraction of sp³-hybridized carbons (Fsp3) is 0.414. The molecule has 2 N–H and O–H groups in total. The number of anilines is 1. The largest absolute Gasteiger partial charge is 0.462 e. The third-order valence-electron chi connectivity index (χ3n) is 8.10. The molecule has 198 valence electrons. The summed E-state index contributed by atoms with van der Waals surface area (Å²) in [5.74, 6) is -0.626. The van der Waals surface area contributed by atoms with Crippen LogP contribution in [0.15, 0.2) is 42.7 Å². The summed E-state index contributed by atoms with van der Waals surface area (Å²) in [5, 5.41) is 6.06. The van der Waals surface area contributed by atoms with Crippen LogP contribution in [0.4, 0.5) is 14.6 Å². The Kier molecular flexibility index (Phi) is 6.47. The number of benzene rings is 2. The number of nitrogens with zero attached hydrogens (tertiary/aromatic N) is 3. The van der Waals surface area contributed by atoms with E-state index in [0.717, 1.165) is 31.4 Å². The maximum absolute atomic E-state index is 16.2. The van der Waals surface area contributed by atoms with Gasteiger partial charge in [-0.2, -0.15) is 9.97 Å². The lowest BCUT2D eigenvalue weighted by atomic mass is 9.93. The zero-order chi connectivity index (χ0) is 26.4. The normalized spacial score (nSPS) is 21.7. The molecule has 1 saturated carbocycles. The predicted octanol–water partition coefficient (Wildman–Crippen LogP) is 4.58. The average molecular weight is 520 g/mol. The Morgan fingerprint density at radius 2 is 2.08 bits per heavy atom. The summed E-state index contributed by atoms with van der Waals surface area (Å²) in [7, 11) is 2.06. The van der Waals surface area contributed by atoms with E-state index in [1.54, 1.807) is 6.07 Å². The van der Waals surface area contributed by atoms with Crippen molar-refractivity contribution >= 4 is 22.6 Å². The van der Waals surface area contributed by atoms with Crippen LogP contribution in [0.3, 0.4) is 0 Å². The first-order valence-corrected chi connectivity index (χ1v) is 13.2. The van der Waals surface area contributed by atoms with Gasteiger partial charge >= 0.3 is 6.01 Å². The minimum atomic E-state index is -1.05. The number of rotatable bonds is 9. The van der Waals surface area contributed by atoms with Crippen molar-refractivity contribution in [2.24, 2.45) is 5.92 Å². The molecule has 0 spiro atoms. The summed E-state index contributed by atoms with van der Waals surface area (Å²) < 4.78 is 35.1. The van der Waals surface area contributed by atoms with Crippen LogP contribution < -0.4 is 15.4 Å². The first-order valence-electron chi connectivity index (χ1n) is 13.2. The number of fused-ring (bicyclic) bond motifs is 4. The van der Waals surface area contributed by atoms with Crippen molar-refractivity contribution in [3.8, 4) is 17.1 Å². The number of carbonyl (C=O) groups excluding carboxylic acids is 1. The molecule has 0 bridgehead atoms. The van der Waals surface area contributed by atoms with Crippen molar-refractivity contribution in [1.29, 1.82) is 0 Å². The van der Waals surface area contributed by atoms with Crippen LogP contribution in [0.25, 0.3) is 22.0 Å². The number of hydrogen-bond acceptors (Lipinski definition) is 6. The lowest BCUT2D eigenvalue weighted by molar-refractivity contribution is -0.118. The molecular weight excluding hydrogens is 488 g/mol. The smallest absolute Gasteiger partial charge is 0.319 e. The molecular formula is C29H31F2N5O2. The van der Waals surface area contributed by atoms with Crippen molar-refractivity contribution in [2.45, 2.75) is 37.6 Å². The third-order valence-corrected chi connectivity index (χ3v) is 8.10. The van der Waals surface area contributed by atoms with E-state index in [1.165, 1.54) is 17.5 Å². The van der Waals surface area contributed by atoms with Crippen LogP contribution in [-0.4, -0.2) is 60.1 Å². The summed E-state index contributed by atoms with van der Waals surface area (Å²) in [6.07, 6.45) is 4.35. The maximum Gasteiger partial charge on any atom is 0.319 e. The number of ether oxygens (including phenoxy) is 1. The Labute approximate surface area is 220 Å². The average Bonchev–Trinajstić information content (AvgIpc) is 3.40. The van der Waals surface area contributed by atoms with Gasteiger partial charge in [-0.15, -0.1) is 0 Å². The molecule has 2 aliphatic carbocycles. The van der Waals surface area contributed by atoms with E-state index in [4.69, 9.17) is 4.74 Å². The highest BCUT2D eigenvalue weighted by atomic mass is 19.1. The molecule has 0 radical (unpaired) electrons. The van der Waals surface area contributed by atoms with Gasteiger partial charge in [0.05, 0.1) is 0 Å². The standard InChI is InChI=1S/C29H31F2N5O2/c1-16(30)28(37)33-11-10-32-27-22-9-8-21(19-6-3-7-20-23-13-17(23)14-24(19)20)25(31)26(22)34-29(35-27)38-15-18-5-4-12-36(18)2/h3,6-9,17-18,23H,1,4-5,10-15H2,2H3,(H,33,37)(H,32,34,35)/t17?,18-,23?/m0/s1. The number of likely N-dealkylation sites (tertiary alicyclic amines) is 1. The Morgan fingerprint density at radius 3 is 2.87 bits per heavy atom. The number of nitrogens with one attached hydrogen (secondary N) is 2. The van der Waals surface area contributed by atoms with Crippen LogP contribution >= 0.6 is 0 Å². The van der Waals surface area contributed by atoms with E-state index < -0.39 is 17.6 Å². The highest BCUT2D eigenvalue weighted by Crippen LogP contribution is 2.58. The molecule has 2 heterocycles. The number of carbonyl (C=O) groups is 1. The van der Waals surface area contributed by atoms with Crippen molar-refractivity contribution in [2.75, 3.05) is 38.6 Å². The molecule has 9 heteroatoms. The maximum atomic E-state index is 16.2. The van der Waals surface area contributed by atoms with Gasteiger partial charge in [0, 0.05) is 30.1 Å². The SMILES string of the molecule is C=C(F)C(=O)NCCNc1nc(OC[C@@H]2CCCN2C)nc2c(F)c(-c3cccc4c3CC3CC43)ccc12. The minimum Gasteiger partial charge on any atom is -0.462 e. The molecule has 2 aromatic carbocycles. The first-order chi connectivity index (χ1) is 18.4. The topological polar surface area (TPSA) is 79.4 Å². The van der Waals surface area contributed by atoms with Gasteiger partial charge in [-0.05, 0) is 73.9 Å². The summed E-state index contributed by atoms with van der Waals surface area (Å²) in [4.78, 5) is 22.7. The van der Waals surface area contributed by atoms with E-state index in [0.29, 0.717) is 35.2 Å². The lowest BCUT2D eigenvalue weighted by Crippen LogP contribution is -2.31. The predicted molar refractivity (Wildman–Crippen MR) is 142 cm³/mol. The molecule has 1 aromatic heterocycles. The molecule has 38 heavy (non-hydrogen) atoms. The molecule has 6 rings (SSSR count). The minimum absolute atomic E-state index is 0.0945. The Morgan fingerprint density at radius 1 is 1.21 bits per heavy atom. The van der Waals surface area contributed by atoms with E-state index in [-0.39, 0.29) is 30.7 Å². The van der Waals surface area contributed by atoms with Gasteiger partial charge in [-0.1, -0.05) is 30.8 Å². The van der Waals surface area contributed by atoms with E-state index in [2.05, 4.69) is 45.2 Å². The first kappa shape index (κ1) is 24.7. The summed E-state index contributed by atoms with van der Waals surface area (Å²) >= 11 is 0. The van der Waals surface area contributed by atoms with Gasteiger partial charge in [-0.25, -0.2) is 8.78 Å². The Hall–Kier alpha value is -3.59. The second-order valence-corrected chi connectivity index (χ2v) is 10.5. The number of likely N-dealkylation sites (N-methyl/N-ethyl adjacent to an activating group) is 1. The Balaban J connectivity index is 1.32. The highest BCUT2D eigenvalue weighted by molar-refractivity contribution is 5.94. The zero-order valence-electron chi connectivity index (χ0n) is 21.4. The third kappa shape index (κ3) is 4.60. The monoisotopic (exact) mass is 519 g/mol. The van der Waals surface area contributed by atoms with Crippen molar-refractivity contribution in [1.82, 2.24) is 20.2 Å². The molecule has 7 nitrogen and oxygen atoms in total. The molecule has 3 aromatic rings. The summed E-state index contributed by atoms with van der Waals surface area (Å²) in [6.45, 7) is 4.79. The molecule has 1 saturated heterocycles. The fourth-order valence-corrected chi connectivity index (χ4v) is 5.91. The fourth-order valence-electron chi connectivity index (χ4n) is 5.91. The van der Waals surface area contributed by atoms with Gasteiger partial charge in [0.1, 0.15) is 17.9 Å². The van der Waals surface area contributed by atoms with Gasteiger partial charge in [0.25, 0.3) is 5.91 Å². The lowest BCUT2D eigenvalue weighted by Gasteiger charge is -2.19. The van der Waals surface area contributed by atoms with Crippen LogP contribution in [0.2, 0.25) is 0 Å². The van der Waals surface area contributed by atoms with E-state index in [1.807, 2.05) is 18.2 Å². The van der Waals surface area contributed by atoms with Gasteiger partial charge in [0.15, 0.2) is 11.6 Å². The van der Waals surface area contributed by atoms with Crippen LogP contribution in [-0.2, 0) is 11.2 Å². The van der Waals surface area contributed by atoms with Crippen LogP contribution in [0.1, 0.15) is 36.3 Å². The molecule has 3 atom stereocenters. The quantitative estimate of drug-likeness (QED) is 0.318. The number of halogens is 2. The zero-order valence-corrected chi connectivity index (χ0v) is 21.4. The number of amides is 1. The molecule has 2 fully saturated rings. The summed E-state index contributed by atoms with van der Waals surface area (Å²) in [5.41, 5.74) is 4.21. The number of hydrogen-bond donors (Lipinski definition) is 2. The van der Waals surface area contributed by atoms with Gasteiger partial charge in [0.2, 0.25) is 0 Å². The van der Waals surface area contributed by atoms with E-state index in [9.17, 15) is 9.18 Å². The highest BCUT2D eigenvalue weighted by Gasteiger charge is 2.45.